The van der Waals surface area contributed by atoms with Crippen LogP contribution in [0.15, 0.2) is 127 Å². The number of hydrogen-bond acceptors (Lipinski definition) is 4. The number of allylic oxidation sites excluding steroid dienone is 2. The maximum Gasteiger partial charge on any atom is 0.137 e. The molecule has 5 aromatic rings. The van der Waals surface area contributed by atoms with Crippen LogP contribution in [0.2, 0.25) is 0 Å². The van der Waals surface area contributed by atoms with Crippen molar-refractivity contribution in [2.45, 2.75) is 25.9 Å². The fraction of sp³-hybridized carbons (Fsp3) is 0.121. The fourth-order valence-electron chi connectivity index (χ4n) is 5.60. The Kier molecular flexibility index (Phi) is 5.38. The molecule has 2 aromatic heterocycles. The molecular formula is C33H28N4O. The molecule has 0 N–H and O–H groups in total. The quantitative estimate of drug-likeness (QED) is 0.249. The lowest BCUT2D eigenvalue weighted by Crippen LogP contribution is -2.45. The summed E-state index contributed by atoms with van der Waals surface area (Å²) in [7, 11) is 0. The van der Waals surface area contributed by atoms with E-state index in [9.17, 15) is 0 Å². The Hall–Kier alpha value is -4.61. The van der Waals surface area contributed by atoms with Crippen LogP contribution in [-0.4, -0.2) is 26.6 Å². The van der Waals surface area contributed by atoms with E-state index in [0.29, 0.717) is 6.04 Å². The van der Waals surface area contributed by atoms with Crippen molar-refractivity contribution in [3.63, 3.8) is 0 Å². The van der Waals surface area contributed by atoms with Crippen molar-refractivity contribution in [3.05, 3.63) is 127 Å². The highest BCUT2D eigenvalue weighted by Crippen LogP contribution is 2.37. The summed E-state index contributed by atoms with van der Waals surface area (Å²) in [5.74, 6) is 2.47. The summed E-state index contributed by atoms with van der Waals surface area (Å²) in [6.07, 6.45) is 12.7. The summed E-state index contributed by atoms with van der Waals surface area (Å²) in [4.78, 5) is 4.64. The van der Waals surface area contributed by atoms with E-state index in [4.69, 9.17) is 4.74 Å². The summed E-state index contributed by atoms with van der Waals surface area (Å²) in [6.45, 7) is 4.46. The Morgan fingerprint density at radius 3 is 2.50 bits per heavy atom. The van der Waals surface area contributed by atoms with Crippen LogP contribution in [0.4, 0.5) is 5.69 Å². The second-order valence-corrected chi connectivity index (χ2v) is 9.96. The van der Waals surface area contributed by atoms with Gasteiger partial charge in [0.1, 0.15) is 17.3 Å². The topological polar surface area (TPSA) is 33.5 Å². The average molecular weight is 497 g/mol. The minimum Gasteiger partial charge on any atom is -0.457 e. The molecule has 0 radical (unpaired) electrons. The zero-order valence-electron chi connectivity index (χ0n) is 21.4. The molecule has 0 saturated carbocycles. The normalized spacial score (nSPS) is 17.0. The van der Waals surface area contributed by atoms with Crippen molar-refractivity contribution in [1.29, 1.82) is 0 Å². The van der Waals surface area contributed by atoms with Gasteiger partial charge >= 0.3 is 0 Å². The first-order valence-electron chi connectivity index (χ1n) is 13.0. The smallest absolute Gasteiger partial charge is 0.137 e. The van der Waals surface area contributed by atoms with Gasteiger partial charge in [0.05, 0.1) is 22.8 Å². The third-order valence-corrected chi connectivity index (χ3v) is 7.21. The highest BCUT2D eigenvalue weighted by atomic mass is 16.5. The average Bonchev–Trinajstić information content (AvgIpc) is 3.50. The number of anilines is 1. The molecule has 5 nitrogen and oxygen atoms in total. The van der Waals surface area contributed by atoms with Gasteiger partial charge in [0.2, 0.25) is 0 Å². The number of rotatable bonds is 5. The number of ether oxygens (including phenoxy) is 1. The van der Waals surface area contributed by atoms with Crippen LogP contribution in [0.25, 0.3) is 27.6 Å². The van der Waals surface area contributed by atoms with Crippen molar-refractivity contribution in [3.8, 4) is 17.3 Å². The van der Waals surface area contributed by atoms with Gasteiger partial charge in [-0.15, -0.1) is 0 Å². The molecule has 5 heteroatoms. The van der Waals surface area contributed by atoms with Gasteiger partial charge in [0.25, 0.3) is 0 Å². The molecule has 1 aliphatic carbocycles. The third-order valence-electron chi connectivity index (χ3n) is 7.21. The van der Waals surface area contributed by atoms with Gasteiger partial charge < -0.3 is 4.74 Å². The van der Waals surface area contributed by atoms with Gasteiger partial charge in [0.15, 0.2) is 0 Å². The summed E-state index contributed by atoms with van der Waals surface area (Å²) >= 11 is 0. The van der Waals surface area contributed by atoms with E-state index in [0.717, 1.165) is 34.0 Å². The molecule has 186 valence electrons. The number of pyridine rings is 1. The molecule has 0 saturated heterocycles. The molecule has 1 atom stereocenters. The Labute approximate surface area is 222 Å². The van der Waals surface area contributed by atoms with E-state index in [1.54, 1.807) is 0 Å². The van der Waals surface area contributed by atoms with Crippen molar-refractivity contribution < 1.29 is 4.74 Å². The van der Waals surface area contributed by atoms with Gasteiger partial charge in [-0.25, -0.2) is 9.99 Å². The Morgan fingerprint density at radius 1 is 0.789 bits per heavy atom. The van der Waals surface area contributed by atoms with E-state index in [1.165, 1.54) is 16.3 Å². The van der Waals surface area contributed by atoms with Gasteiger partial charge in [-0.05, 0) is 61.9 Å². The summed E-state index contributed by atoms with van der Waals surface area (Å²) in [6, 6.07) is 29.6. The van der Waals surface area contributed by atoms with Crippen molar-refractivity contribution in [2.75, 3.05) is 5.01 Å². The van der Waals surface area contributed by atoms with Gasteiger partial charge in [-0.1, -0.05) is 54.6 Å². The number of nitrogens with zero attached hydrogens (tertiary/aromatic N) is 4. The number of hydrazine groups is 1. The van der Waals surface area contributed by atoms with E-state index in [1.807, 2.05) is 36.5 Å². The first-order chi connectivity index (χ1) is 18.7. The van der Waals surface area contributed by atoms with Crippen molar-refractivity contribution in [2.24, 2.45) is 0 Å². The van der Waals surface area contributed by atoms with Crippen LogP contribution >= 0.6 is 0 Å². The fourth-order valence-corrected chi connectivity index (χ4v) is 5.60. The van der Waals surface area contributed by atoms with Gasteiger partial charge in [-0.2, -0.15) is 0 Å². The highest BCUT2D eigenvalue weighted by Gasteiger charge is 2.33. The van der Waals surface area contributed by atoms with Gasteiger partial charge in [-0.3, -0.25) is 9.58 Å². The predicted octanol–water partition coefficient (Wildman–Crippen LogP) is 7.79. The zero-order valence-corrected chi connectivity index (χ0v) is 21.4. The number of fused-ring (bicyclic) bond motifs is 4. The molecular weight excluding hydrogens is 468 g/mol. The third kappa shape index (κ3) is 3.71. The number of hydrogen-bond donors (Lipinski definition) is 0. The van der Waals surface area contributed by atoms with Crippen molar-refractivity contribution >= 4 is 27.5 Å². The van der Waals surface area contributed by atoms with Crippen LogP contribution in [0.1, 0.15) is 13.8 Å². The number of aromatic nitrogens is 2. The second-order valence-electron chi connectivity index (χ2n) is 9.96. The second kappa shape index (κ2) is 9.05. The summed E-state index contributed by atoms with van der Waals surface area (Å²) in [5, 5.41) is 7.01. The first-order valence-corrected chi connectivity index (χ1v) is 13.0. The van der Waals surface area contributed by atoms with Crippen LogP contribution in [0.5, 0.6) is 11.5 Å². The van der Waals surface area contributed by atoms with Crippen LogP contribution in [0.3, 0.4) is 0 Å². The minimum absolute atomic E-state index is 0.250. The molecule has 0 fully saturated rings. The molecule has 1 unspecified atom stereocenters. The van der Waals surface area contributed by atoms with Gasteiger partial charge in [0, 0.05) is 41.3 Å². The number of para-hydroxylation sites is 1. The summed E-state index contributed by atoms with van der Waals surface area (Å²) < 4.78 is 8.66. The SMILES string of the molecule is CC(C)N1C2C=CC=CC2=CN1c1cccc(Oc2ccc3c4ccccc4n(-c4ccccn4)c3c2)c1. The lowest BCUT2D eigenvalue weighted by atomic mass is 10.0. The zero-order chi connectivity index (χ0) is 25.6. The van der Waals surface area contributed by atoms with E-state index in [-0.39, 0.29) is 6.04 Å². The Bertz CT molecular complexity index is 1750. The lowest BCUT2D eigenvalue weighted by Gasteiger charge is -2.36. The van der Waals surface area contributed by atoms with Crippen molar-refractivity contribution in [1.82, 2.24) is 14.6 Å². The van der Waals surface area contributed by atoms with Crippen LogP contribution in [0, 0.1) is 0 Å². The molecule has 0 amide bonds. The predicted molar refractivity (Wildman–Crippen MR) is 155 cm³/mol. The maximum atomic E-state index is 6.46. The Morgan fingerprint density at radius 2 is 1.63 bits per heavy atom. The maximum absolute atomic E-state index is 6.46. The van der Waals surface area contributed by atoms with E-state index in [2.05, 4.69) is 119 Å². The monoisotopic (exact) mass is 496 g/mol. The molecule has 0 bridgehead atoms. The molecule has 3 heterocycles. The molecule has 3 aromatic carbocycles. The molecule has 38 heavy (non-hydrogen) atoms. The largest absolute Gasteiger partial charge is 0.457 e. The van der Waals surface area contributed by atoms with Crippen LogP contribution in [-0.2, 0) is 0 Å². The number of benzene rings is 3. The molecule has 0 spiro atoms. The lowest BCUT2D eigenvalue weighted by molar-refractivity contribution is 0.220. The molecule has 7 rings (SSSR count). The molecule has 1 aliphatic heterocycles. The summed E-state index contributed by atoms with van der Waals surface area (Å²) in [5.41, 5.74) is 4.56. The minimum atomic E-state index is 0.250. The first kappa shape index (κ1) is 22.6. The van der Waals surface area contributed by atoms with Crippen LogP contribution < -0.4 is 9.75 Å². The van der Waals surface area contributed by atoms with E-state index < -0.39 is 0 Å². The van der Waals surface area contributed by atoms with E-state index >= 15 is 0 Å². The highest BCUT2D eigenvalue weighted by molar-refractivity contribution is 6.09. The Balaban J connectivity index is 1.27. The standard InChI is InChI=1S/C33H28N4O/c1-23(2)37-30-14-5-3-10-24(30)22-35(37)25-11-9-12-26(20-25)38-27-17-18-29-28-13-4-6-15-31(28)36(32(29)21-27)33-16-7-8-19-34-33/h3-23,30H,1-2H3. The molecule has 2 aliphatic rings.